The van der Waals surface area contributed by atoms with Gasteiger partial charge in [-0.05, 0) is 42.8 Å². The molecule has 24 heavy (non-hydrogen) atoms. The van der Waals surface area contributed by atoms with Crippen molar-refractivity contribution >= 4 is 33.3 Å². The van der Waals surface area contributed by atoms with Gasteiger partial charge in [-0.1, -0.05) is 23.7 Å². The average molecular weight is 370 g/mol. The summed E-state index contributed by atoms with van der Waals surface area (Å²) in [6.07, 6.45) is 0. The van der Waals surface area contributed by atoms with Crippen LogP contribution in [0, 0.1) is 6.92 Å². The molecule has 0 aliphatic heterocycles. The maximum absolute atomic E-state index is 12.9. The second kappa shape index (κ2) is 7.11. The van der Waals surface area contributed by atoms with E-state index in [-0.39, 0.29) is 15.6 Å². The number of aliphatic carboxylic acids is 1. The third-order valence-electron chi connectivity index (χ3n) is 3.28. The van der Waals surface area contributed by atoms with Crippen molar-refractivity contribution in [1.29, 1.82) is 0 Å². The van der Waals surface area contributed by atoms with Crippen LogP contribution in [0.1, 0.15) is 5.56 Å². The molecule has 0 aliphatic rings. The molecule has 2 aromatic rings. The molecule has 0 amide bonds. The van der Waals surface area contributed by atoms with Crippen molar-refractivity contribution in [2.45, 2.75) is 11.8 Å². The SMILES string of the molecule is COc1ccc(S(=O)(=O)N(CC(=O)O)c2cccc(C)c2)cc1Cl. The minimum absolute atomic E-state index is 0.115. The van der Waals surface area contributed by atoms with Gasteiger partial charge in [-0.15, -0.1) is 0 Å². The fourth-order valence-corrected chi connectivity index (χ4v) is 3.91. The number of sulfonamides is 1. The number of halogens is 1. The lowest BCUT2D eigenvalue weighted by molar-refractivity contribution is -0.135. The molecular formula is C16H16ClNO5S. The van der Waals surface area contributed by atoms with Crippen LogP contribution >= 0.6 is 11.6 Å². The molecule has 2 aromatic carbocycles. The molecule has 0 unspecified atom stereocenters. The first-order valence-electron chi connectivity index (χ1n) is 6.90. The van der Waals surface area contributed by atoms with Gasteiger partial charge in [0.15, 0.2) is 0 Å². The Morgan fingerprint density at radius 3 is 2.50 bits per heavy atom. The van der Waals surface area contributed by atoms with Crippen molar-refractivity contribution in [2.75, 3.05) is 18.0 Å². The number of carbonyl (C=O) groups is 1. The molecule has 0 heterocycles. The number of carboxylic acids is 1. The summed E-state index contributed by atoms with van der Waals surface area (Å²) in [5.41, 5.74) is 1.08. The van der Waals surface area contributed by atoms with E-state index < -0.39 is 22.5 Å². The molecule has 8 heteroatoms. The topological polar surface area (TPSA) is 83.9 Å². The van der Waals surface area contributed by atoms with Gasteiger partial charge in [0.2, 0.25) is 0 Å². The van der Waals surface area contributed by atoms with Crippen LogP contribution in [0.5, 0.6) is 5.75 Å². The van der Waals surface area contributed by atoms with E-state index in [9.17, 15) is 13.2 Å². The first-order chi connectivity index (χ1) is 11.3. The highest BCUT2D eigenvalue weighted by Crippen LogP contribution is 2.30. The van der Waals surface area contributed by atoms with Crippen molar-refractivity contribution in [3.05, 3.63) is 53.1 Å². The Labute approximate surface area is 145 Å². The highest BCUT2D eigenvalue weighted by atomic mass is 35.5. The second-order valence-electron chi connectivity index (χ2n) is 5.04. The number of hydrogen-bond donors (Lipinski definition) is 1. The molecule has 6 nitrogen and oxygen atoms in total. The number of aryl methyl sites for hydroxylation is 1. The Kier molecular flexibility index (Phi) is 5.36. The summed E-state index contributed by atoms with van der Waals surface area (Å²) in [6.45, 7) is 1.09. The lowest BCUT2D eigenvalue weighted by Gasteiger charge is -2.23. The summed E-state index contributed by atoms with van der Waals surface area (Å²) in [7, 11) is -2.69. The fraction of sp³-hybridized carbons (Fsp3) is 0.188. The van der Waals surface area contributed by atoms with Crippen LogP contribution < -0.4 is 9.04 Å². The van der Waals surface area contributed by atoms with E-state index in [1.54, 1.807) is 31.2 Å². The van der Waals surface area contributed by atoms with Gasteiger partial charge in [0.05, 0.1) is 22.7 Å². The number of anilines is 1. The first kappa shape index (κ1) is 18.1. The van der Waals surface area contributed by atoms with Gasteiger partial charge < -0.3 is 9.84 Å². The standard InChI is InChI=1S/C16H16ClNO5S/c1-11-4-3-5-12(8-11)18(10-16(19)20)24(21,22)13-6-7-15(23-2)14(17)9-13/h3-9H,10H2,1-2H3,(H,19,20). The Morgan fingerprint density at radius 2 is 1.96 bits per heavy atom. The van der Waals surface area contributed by atoms with E-state index in [1.165, 1.54) is 25.3 Å². The minimum Gasteiger partial charge on any atom is -0.495 e. The summed E-state index contributed by atoms with van der Waals surface area (Å²) < 4.78 is 31.6. The van der Waals surface area contributed by atoms with Gasteiger partial charge in [0.25, 0.3) is 10.0 Å². The highest BCUT2D eigenvalue weighted by Gasteiger charge is 2.27. The first-order valence-corrected chi connectivity index (χ1v) is 8.72. The van der Waals surface area contributed by atoms with Crippen molar-refractivity contribution in [3.63, 3.8) is 0 Å². The Hall–Kier alpha value is -2.25. The van der Waals surface area contributed by atoms with Crippen LogP contribution in [0.4, 0.5) is 5.69 Å². The molecule has 0 fully saturated rings. The largest absolute Gasteiger partial charge is 0.495 e. The maximum atomic E-state index is 12.9. The molecule has 0 spiro atoms. The van der Waals surface area contributed by atoms with E-state index in [1.807, 2.05) is 0 Å². The van der Waals surface area contributed by atoms with Crippen molar-refractivity contribution in [3.8, 4) is 5.75 Å². The molecule has 0 saturated carbocycles. The number of rotatable bonds is 6. The summed E-state index contributed by atoms with van der Waals surface area (Å²) >= 11 is 5.99. The number of methoxy groups -OCH3 is 1. The van der Waals surface area contributed by atoms with E-state index in [0.29, 0.717) is 5.75 Å². The molecule has 0 saturated heterocycles. The predicted molar refractivity (Wildman–Crippen MR) is 91.4 cm³/mol. The quantitative estimate of drug-likeness (QED) is 0.846. The van der Waals surface area contributed by atoms with Crippen LogP contribution in [0.2, 0.25) is 5.02 Å². The second-order valence-corrected chi connectivity index (χ2v) is 7.31. The zero-order valence-corrected chi connectivity index (χ0v) is 14.6. The highest BCUT2D eigenvalue weighted by molar-refractivity contribution is 7.92. The normalized spacial score (nSPS) is 11.1. The molecule has 0 bridgehead atoms. The monoisotopic (exact) mass is 369 g/mol. The summed E-state index contributed by atoms with van der Waals surface area (Å²) in [6, 6.07) is 10.6. The van der Waals surface area contributed by atoms with Gasteiger partial charge in [-0.25, -0.2) is 8.42 Å². The maximum Gasteiger partial charge on any atom is 0.324 e. The smallest absolute Gasteiger partial charge is 0.324 e. The van der Waals surface area contributed by atoms with Crippen LogP contribution in [0.15, 0.2) is 47.4 Å². The fourth-order valence-electron chi connectivity index (χ4n) is 2.16. The Bertz CT molecular complexity index is 867. The van der Waals surface area contributed by atoms with E-state index in [0.717, 1.165) is 9.87 Å². The van der Waals surface area contributed by atoms with Crippen molar-refractivity contribution in [1.82, 2.24) is 0 Å². The molecular weight excluding hydrogens is 354 g/mol. The lowest BCUT2D eigenvalue weighted by atomic mass is 10.2. The number of nitrogens with zero attached hydrogens (tertiary/aromatic N) is 1. The lowest BCUT2D eigenvalue weighted by Crippen LogP contribution is -2.35. The van der Waals surface area contributed by atoms with E-state index in [2.05, 4.69) is 0 Å². The summed E-state index contributed by atoms with van der Waals surface area (Å²) in [5, 5.41) is 9.23. The van der Waals surface area contributed by atoms with Gasteiger partial charge in [-0.3, -0.25) is 9.10 Å². The third-order valence-corrected chi connectivity index (χ3v) is 5.34. The van der Waals surface area contributed by atoms with Crippen LogP contribution in [-0.2, 0) is 14.8 Å². The van der Waals surface area contributed by atoms with Crippen LogP contribution in [-0.4, -0.2) is 33.1 Å². The summed E-state index contributed by atoms with van der Waals surface area (Å²) in [5.74, 6) is -0.935. The van der Waals surface area contributed by atoms with Crippen molar-refractivity contribution in [2.24, 2.45) is 0 Å². The zero-order valence-electron chi connectivity index (χ0n) is 13.1. The van der Waals surface area contributed by atoms with E-state index >= 15 is 0 Å². The van der Waals surface area contributed by atoms with Gasteiger partial charge in [-0.2, -0.15) is 0 Å². The average Bonchev–Trinajstić information content (AvgIpc) is 2.52. The third kappa shape index (κ3) is 3.80. The zero-order chi connectivity index (χ0) is 17.9. The molecule has 0 radical (unpaired) electrons. The summed E-state index contributed by atoms with van der Waals surface area (Å²) in [4.78, 5) is 11.0. The molecule has 0 aromatic heterocycles. The molecule has 0 atom stereocenters. The Balaban J connectivity index is 2.55. The molecule has 0 aliphatic carbocycles. The van der Waals surface area contributed by atoms with Crippen molar-refractivity contribution < 1.29 is 23.1 Å². The number of hydrogen-bond acceptors (Lipinski definition) is 4. The Morgan fingerprint density at radius 1 is 1.25 bits per heavy atom. The predicted octanol–water partition coefficient (Wildman–Crippen LogP) is 2.94. The molecule has 1 N–H and O–H groups in total. The van der Waals surface area contributed by atoms with Crippen LogP contribution in [0.3, 0.4) is 0 Å². The number of benzene rings is 2. The molecule has 2 rings (SSSR count). The van der Waals surface area contributed by atoms with Crippen LogP contribution in [0.25, 0.3) is 0 Å². The number of carboxylic acid groups (broad SMARTS) is 1. The van der Waals surface area contributed by atoms with Gasteiger partial charge in [0, 0.05) is 0 Å². The van der Waals surface area contributed by atoms with Gasteiger partial charge >= 0.3 is 5.97 Å². The van der Waals surface area contributed by atoms with Gasteiger partial charge in [0.1, 0.15) is 12.3 Å². The minimum atomic E-state index is -4.10. The van der Waals surface area contributed by atoms with E-state index in [4.69, 9.17) is 21.4 Å². The number of ether oxygens (including phenoxy) is 1. The molecule has 128 valence electrons.